The summed E-state index contributed by atoms with van der Waals surface area (Å²) in [7, 11) is 3.16. The topological polar surface area (TPSA) is 95.3 Å². The number of amides is 2. The number of fused-ring (bicyclic) bond motifs is 1. The predicted octanol–water partition coefficient (Wildman–Crippen LogP) is 4.21. The Balaban J connectivity index is 1.54. The van der Waals surface area contributed by atoms with Crippen molar-refractivity contribution in [2.75, 3.05) is 21.0 Å². The number of ether oxygens (including phenoxy) is 4. The molecule has 0 unspecified atom stereocenters. The summed E-state index contributed by atoms with van der Waals surface area (Å²) in [6, 6.07) is 12.8. The van der Waals surface area contributed by atoms with E-state index in [1.807, 2.05) is 50.2 Å². The zero-order chi connectivity index (χ0) is 23.4. The number of carbonyl (C=O) groups is 1. The number of hydrogen-bond acceptors (Lipinski definition) is 7. The first kappa shape index (κ1) is 22.3. The van der Waals surface area contributed by atoms with Gasteiger partial charge in [0.05, 0.1) is 20.8 Å². The van der Waals surface area contributed by atoms with Gasteiger partial charge in [0.25, 0.3) is 0 Å². The maximum Gasteiger partial charge on any atom is 0.318 e. The predicted molar refractivity (Wildman–Crippen MR) is 121 cm³/mol. The minimum absolute atomic E-state index is 0.00334. The van der Waals surface area contributed by atoms with Crippen LogP contribution in [0.3, 0.4) is 0 Å². The van der Waals surface area contributed by atoms with Crippen molar-refractivity contribution in [2.45, 2.75) is 33.0 Å². The van der Waals surface area contributed by atoms with Gasteiger partial charge < -0.3 is 33.7 Å². The third-order valence-corrected chi connectivity index (χ3v) is 5.09. The molecule has 0 fully saturated rings. The molecule has 4 rings (SSSR count). The number of benzene rings is 2. The van der Waals surface area contributed by atoms with Crippen LogP contribution in [0, 0.1) is 0 Å². The number of aromatic nitrogens is 1. The smallest absolute Gasteiger partial charge is 0.318 e. The molecule has 33 heavy (non-hydrogen) atoms. The highest BCUT2D eigenvalue weighted by Crippen LogP contribution is 2.34. The fraction of sp³-hybridized carbons (Fsp3) is 0.333. The van der Waals surface area contributed by atoms with E-state index in [0.717, 1.165) is 11.1 Å². The van der Waals surface area contributed by atoms with Crippen molar-refractivity contribution in [2.24, 2.45) is 0 Å². The Morgan fingerprint density at radius 2 is 1.82 bits per heavy atom. The molecule has 0 radical (unpaired) electrons. The summed E-state index contributed by atoms with van der Waals surface area (Å²) in [5.74, 6) is 3.16. The van der Waals surface area contributed by atoms with Crippen molar-refractivity contribution < 1.29 is 28.3 Å². The minimum atomic E-state index is -0.196. The Morgan fingerprint density at radius 1 is 1.03 bits per heavy atom. The molecule has 1 aliphatic rings. The van der Waals surface area contributed by atoms with Gasteiger partial charge in [0.1, 0.15) is 5.69 Å². The van der Waals surface area contributed by atoms with Gasteiger partial charge in [-0.25, -0.2) is 4.79 Å². The number of methoxy groups -OCH3 is 2. The van der Waals surface area contributed by atoms with Gasteiger partial charge in [-0.05, 0) is 49.7 Å². The average Bonchev–Trinajstić information content (AvgIpc) is 3.47. The first-order valence-electron chi connectivity index (χ1n) is 10.6. The molecule has 0 spiro atoms. The number of rotatable bonds is 8. The van der Waals surface area contributed by atoms with E-state index in [-0.39, 0.29) is 25.4 Å². The Morgan fingerprint density at radius 3 is 2.58 bits per heavy atom. The van der Waals surface area contributed by atoms with Crippen LogP contribution in [0.25, 0.3) is 11.3 Å². The van der Waals surface area contributed by atoms with Gasteiger partial charge in [0.15, 0.2) is 28.8 Å². The van der Waals surface area contributed by atoms with Crippen LogP contribution >= 0.6 is 0 Å². The average molecular weight is 453 g/mol. The summed E-state index contributed by atoms with van der Waals surface area (Å²) in [5, 5.41) is 7.12. The van der Waals surface area contributed by atoms with Crippen LogP contribution in [-0.2, 0) is 13.1 Å². The lowest BCUT2D eigenvalue weighted by Crippen LogP contribution is -2.42. The van der Waals surface area contributed by atoms with E-state index in [1.54, 1.807) is 25.2 Å². The number of urea groups is 1. The molecule has 2 aromatic carbocycles. The zero-order valence-corrected chi connectivity index (χ0v) is 19.1. The molecule has 174 valence electrons. The molecule has 0 saturated heterocycles. The second-order valence-corrected chi connectivity index (χ2v) is 7.90. The molecular formula is C24H27N3O6. The molecule has 0 atom stereocenters. The summed E-state index contributed by atoms with van der Waals surface area (Å²) < 4.78 is 27.1. The normalized spacial score (nSPS) is 12.0. The van der Waals surface area contributed by atoms with Gasteiger partial charge in [-0.1, -0.05) is 11.2 Å². The Kier molecular flexibility index (Phi) is 6.58. The molecule has 0 saturated carbocycles. The van der Waals surface area contributed by atoms with Crippen molar-refractivity contribution in [3.05, 3.63) is 53.7 Å². The fourth-order valence-electron chi connectivity index (χ4n) is 3.50. The maximum absolute atomic E-state index is 12.9. The zero-order valence-electron chi connectivity index (χ0n) is 19.1. The minimum Gasteiger partial charge on any atom is -0.493 e. The maximum atomic E-state index is 12.9. The first-order valence-corrected chi connectivity index (χ1v) is 10.6. The van der Waals surface area contributed by atoms with Crippen LogP contribution < -0.4 is 24.3 Å². The quantitative estimate of drug-likeness (QED) is 0.546. The van der Waals surface area contributed by atoms with Gasteiger partial charge in [0, 0.05) is 24.2 Å². The lowest BCUT2D eigenvalue weighted by molar-refractivity contribution is 0.173. The highest BCUT2D eigenvalue weighted by atomic mass is 16.7. The molecule has 1 aliphatic heterocycles. The van der Waals surface area contributed by atoms with E-state index in [0.29, 0.717) is 41.0 Å². The molecule has 1 aromatic heterocycles. The Labute approximate surface area is 192 Å². The summed E-state index contributed by atoms with van der Waals surface area (Å²) in [4.78, 5) is 14.6. The molecule has 9 nitrogen and oxygen atoms in total. The third kappa shape index (κ3) is 5.14. The van der Waals surface area contributed by atoms with Crippen LogP contribution in [0.15, 0.2) is 47.0 Å². The first-order chi connectivity index (χ1) is 16.0. The molecular weight excluding hydrogens is 426 g/mol. The lowest BCUT2D eigenvalue weighted by atomic mass is 10.1. The second kappa shape index (κ2) is 9.72. The standard InChI is InChI=1S/C24H27N3O6/c1-15(2)25-24(28)27(12-16-5-7-20-23(9-16)32-14-31-20)13-18-11-21(33-26-18)17-6-8-19(29-3)22(10-17)30-4/h5-11,15H,12-14H2,1-4H3,(H,25,28). The molecule has 9 heteroatoms. The summed E-state index contributed by atoms with van der Waals surface area (Å²) in [6.07, 6.45) is 0. The molecule has 1 N–H and O–H groups in total. The number of carbonyl (C=O) groups excluding carboxylic acids is 1. The number of nitrogens with zero attached hydrogens (tertiary/aromatic N) is 2. The largest absolute Gasteiger partial charge is 0.493 e. The van der Waals surface area contributed by atoms with Gasteiger partial charge >= 0.3 is 6.03 Å². The molecule has 3 aromatic rings. The van der Waals surface area contributed by atoms with Gasteiger partial charge in [-0.2, -0.15) is 0 Å². The van der Waals surface area contributed by atoms with Crippen LogP contribution in [0.2, 0.25) is 0 Å². The van der Waals surface area contributed by atoms with Crippen molar-refractivity contribution >= 4 is 6.03 Å². The van der Waals surface area contributed by atoms with E-state index in [4.69, 9.17) is 23.5 Å². The van der Waals surface area contributed by atoms with Crippen LogP contribution in [-0.4, -0.2) is 43.1 Å². The van der Waals surface area contributed by atoms with Crippen molar-refractivity contribution in [1.29, 1.82) is 0 Å². The number of hydrogen-bond donors (Lipinski definition) is 1. The van der Waals surface area contributed by atoms with E-state index >= 15 is 0 Å². The van der Waals surface area contributed by atoms with E-state index in [1.165, 1.54) is 0 Å². The van der Waals surface area contributed by atoms with Gasteiger partial charge in [0.2, 0.25) is 6.79 Å². The highest BCUT2D eigenvalue weighted by Gasteiger charge is 2.20. The monoisotopic (exact) mass is 453 g/mol. The molecule has 0 aliphatic carbocycles. The summed E-state index contributed by atoms with van der Waals surface area (Å²) in [6.45, 7) is 4.68. The lowest BCUT2D eigenvalue weighted by Gasteiger charge is -2.23. The van der Waals surface area contributed by atoms with Crippen LogP contribution in [0.5, 0.6) is 23.0 Å². The SMILES string of the molecule is COc1ccc(-c2cc(CN(Cc3ccc4c(c3)OCO4)C(=O)NC(C)C)no2)cc1OC. The molecule has 0 bridgehead atoms. The van der Waals surface area contributed by atoms with Crippen LogP contribution in [0.1, 0.15) is 25.1 Å². The Bertz CT molecular complexity index is 1130. The third-order valence-electron chi connectivity index (χ3n) is 5.09. The van der Waals surface area contributed by atoms with E-state index in [2.05, 4.69) is 10.5 Å². The van der Waals surface area contributed by atoms with Crippen LogP contribution in [0.4, 0.5) is 4.79 Å². The fourth-order valence-corrected chi connectivity index (χ4v) is 3.50. The summed E-state index contributed by atoms with van der Waals surface area (Å²) >= 11 is 0. The molecule has 2 amide bonds. The summed E-state index contributed by atoms with van der Waals surface area (Å²) in [5.41, 5.74) is 2.33. The highest BCUT2D eigenvalue weighted by molar-refractivity contribution is 5.74. The van der Waals surface area contributed by atoms with Gasteiger partial charge in [-0.15, -0.1) is 0 Å². The van der Waals surface area contributed by atoms with E-state index < -0.39 is 0 Å². The second-order valence-electron chi connectivity index (χ2n) is 7.90. The van der Waals surface area contributed by atoms with E-state index in [9.17, 15) is 4.79 Å². The Hall–Kier alpha value is -3.88. The van der Waals surface area contributed by atoms with Gasteiger partial charge in [-0.3, -0.25) is 0 Å². The molecule has 2 heterocycles. The number of nitrogens with one attached hydrogen (secondary N) is 1. The van der Waals surface area contributed by atoms with Crippen molar-refractivity contribution in [3.63, 3.8) is 0 Å². The van der Waals surface area contributed by atoms with Crippen molar-refractivity contribution in [1.82, 2.24) is 15.4 Å². The van der Waals surface area contributed by atoms with Crippen molar-refractivity contribution in [3.8, 4) is 34.3 Å².